The number of nitrogens with one attached hydrogen (secondary N) is 1. The van der Waals surface area contributed by atoms with Crippen LogP contribution < -0.4 is 5.32 Å². The van der Waals surface area contributed by atoms with Crippen LogP contribution in [-0.4, -0.2) is 105 Å². The number of imidazole rings is 1. The lowest BCUT2D eigenvalue weighted by atomic mass is 10.1. The van der Waals surface area contributed by atoms with Crippen LogP contribution >= 0.6 is 26.8 Å². The molecule has 2 aromatic heterocycles. The van der Waals surface area contributed by atoms with Gasteiger partial charge in [0.2, 0.25) is 18.9 Å². The number of fused-ring (bicyclic) bond motifs is 1. The van der Waals surface area contributed by atoms with Gasteiger partial charge in [-0.25, -0.2) is 19.0 Å². The molecule has 3 N–H and O–H groups in total. The number of ether oxygens (including phenoxy) is 5. The Hall–Kier alpha value is -2.67. The molecule has 276 valence electrons. The van der Waals surface area contributed by atoms with Gasteiger partial charge in [-0.1, -0.05) is 12.8 Å². The van der Waals surface area contributed by atoms with Crippen molar-refractivity contribution < 1.29 is 70.4 Å². The van der Waals surface area contributed by atoms with Gasteiger partial charge < -0.3 is 43.5 Å². The topological polar surface area (TPSA) is 238 Å². The first-order chi connectivity index (χ1) is 23.1. The minimum Gasteiger partial charge on any atom is -0.432 e. The highest BCUT2D eigenvalue weighted by Crippen LogP contribution is 2.61. The first-order valence-corrected chi connectivity index (χ1v) is 19.1. The van der Waals surface area contributed by atoms with E-state index in [-0.39, 0.29) is 17.0 Å². The van der Waals surface area contributed by atoms with Crippen molar-refractivity contribution in [3.05, 3.63) is 11.6 Å². The summed E-state index contributed by atoms with van der Waals surface area (Å²) in [6, 6.07) is 0.155. The third-order valence-electron chi connectivity index (χ3n) is 6.97. The number of aliphatic hydroxyl groups excluding tert-OH is 1. The van der Waals surface area contributed by atoms with E-state index >= 15 is 4.39 Å². The van der Waals surface area contributed by atoms with Gasteiger partial charge in [-0.3, -0.25) is 22.7 Å². The standard InChI is InChI=1S/C26H39ClFN5O14P2/c1-14(2)45-25(35)40-11-43-49(39,44-12-41-26(36)46-15(3)4)13-48(37,38)42-9-17-20(34)18(28)23(47-17)33-10-29-19-21(30-16-7-5-6-8-16)31-24(27)32-22(19)33/h10,14-18,20,23,34H,5-9,11-13H2,1-4H3,(H,37,38)(H,30,31,32)/t17-,18?,20-,23-/m1/s1. The Morgan fingerprint density at radius 3 is 2.22 bits per heavy atom. The van der Waals surface area contributed by atoms with Crippen LogP contribution in [0.1, 0.15) is 59.6 Å². The smallest absolute Gasteiger partial charge is 0.432 e. The van der Waals surface area contributed by atoms with Crippen LogP contribution in [0.25, 0.3) is 11.2 Å². The van der Waals surface area contributed by atoms with E-state index in [1.165, 1.54) is 38.6 Å². The molecule has 3 heterocycles. The fraction of sp³-hybridized carbons (Fsp3) is 0.731. The van der Waals surface area contributed by atoms with Crippen LogP contribution in [0, 0.1) is 0 Å². The number of anilines is 1. The normalized spacial score (nSPS) is 22.8. The van der Waals surface area contributed by atoms with Crippen molar-refractivity contribution in [3.63, 3.8) is 0 Å². The van der Waals surface area contributed by atoms with Gasteiger partial charge in [-0.2, -0.15) is 9.97 Å². The van der Waals surface area contributed by atoms with Crippen LogP contribution in [-0.2, 0) is 46.4 Å². The van der Waals surface area contributed by atoms with E-state index in [2.05, 4.69) is 29.7 Å². The zero-order chi connectivity index (χ0) is 35.9. The highest BCUT2D eigenvalue weighted by molar-refractivity contribution is 7.70. The quantitative estimate of drug-likeness (QED) is 0.0896. The summed E-state index contributed by atoms with van der Waals surface area (Å²) in [6.45, 7) is 3.17. The molecule has 23 heteroatoms. The molecular formula is C26H39ClFN5O14P2. The lowest BCUT2D eigenvalue weighted by Gasteiger charge is -2.22. The number of nitrogens with zero attached hydrogens (tertiary/aromatic N) is 4. The average Bonchev–Trinajstić information content (AvgIpc) is 3.71. The zero-order valence-electron chi connectivity index (χ0n) is 27.0. The van der Waals surface area contributed by atoms with E-state index in [9.17, 15) is 28.7 Å². The van der Waals surface area contributed by atoms with Crippen molar-refractivity contribution in [2.75, 3.05) is 31.4 Å². The molecule has 2 unspecified atom stereocenters. The van der Waals surface area contributed by atoms with Crippen molar-refractivity contribution >= 4 is 56.1 Å². The Labute approximate surface area is 285 Å². The second-order valence-corrected chi connectivity index (χ2v) is 16.3. The van der Waals surface area contributed by atoms with Gasteiger partial charge in [0.25, 0.3) is 0 Å². The Morgan fingerprint density at radius 2 is 1.65 bits per heavy atom. The first-order valence-electron chi connectivity index (χ1n) is 15.2. The Kier molecular flexibility index (Phi) is 13.6. The molecule has 1 aliphatic heterocycles. The molecule has 19 nitrogen and oxygen atoms in total. The summed E-state index contributed by atoms with van der Waals surface area (Å²) >= 11 is 6.15. The number of hydrogen-bond donors (Lipinski definition) is 3. The molecule has 0 amide bonds. The number of halogens is 2. The second kappa shape index (κ2) is 17.0. The van der Waals surface area contributed by atoms with Crippen molar-refractivity contribution in [3.8, 4) is 0 Å². The fourth-order valence-corrected chi connectivity index (χ4v) is 8.61. The summed E-state index contributed by atoms with van der Waals surface area (Å²) in [5.41, 5.74) is 0.406. The molecule has 2 aromatic rings. The highest BCUT2D eigenvalue weighted by Gasteiger charge is 2.47. The van der Waals surface area contributed by atoms with Gasteiger partial charge in [0.05, 0.1) is 25.1 Å². The molecule has 1 saturated carbocycles. The summed E-state index contributed by atoms with van der Waals surface area (Å²) in [7, 11) is -9.70. The lowest BCUT2D eigenvalue weighted by Crippen LogP contribution is -2.31. The van der Waals surface area contributed by atoms with Crippen molar-refractivity contribution in [1.29, 1.82) is 0 Å². The van der Waals surface area contributed by atoms with Gasteiger partial charge in [0, 0.05) is 6.04 Å². The van der Waals surface area contributed by atoms with E-state index in [1.54, 1.807) is 0 Å². The third-order valence-corrected chi connectivity index (χ3v) is 11.5. The van der Waals surface area contributed by atoms with Crippen LogP contribution in [0.3, 0.4) is 0 Å². The molecule has 49 heavy (non-hydrogen) atoms. The lowest BCUT2D eigenvalue weighted by molar-refractivity contribution is -0.0427. The Morgan fingerprint density at radius 1 is 1.06 bits per heavy atom. The van der Waals surface area contributed by atoms with Crippen LogP contribution in [0.2, 0.25) is 5.28 Å². The van der Waals surface area contributed by atoms with Gasteiger partial charge >= 0.3 is 27.5 Å². The first kappa shape index (κ1) is 39.1. The third kappa shape index (κ3) is 11.2. The number of aliphatic hydroxyl groups is 1. The molecule has 0 aromatic carbocycles. The summed E-state index contributed by atoms with van der Waals surface area (Å²) in [5.74, 6) is -0.997. The average molecular weight is 762 g/mol. The number of carbonyl (C=O) groups is 2. The van der Waals surface area contributed by atoms with Gasteiger partial charge in [0.15, 0.2) is 35.3 Å². The number of alkyl halides is 1. The van der Waals surface area contributed by atoms with Crippen molar-refractivity contribution in [2.45, 2.75) is 96.2 Å². The monoisotopic (exact) mass is 761 g/mol. The summed E-state index contributed by atoms with van der Waals surface area (Å²) < 4.78 is 82.3. The van der Waals surface area contributed by atoms with Crippen molar-refractivity contribution in [1.82, 2.24) is 19.5 Å². The summed E-state index contributed by atoms with van der Waals surface area (Å²) in [5, 5.41) is 13.8. The number of carbonyl (C=O) groups excluding carboxylic acids is 2. The zero-order valence-corrected chi connectivity index (χ0v) is 29.6. The minimum absolute atomic E-state index is 0.115. The van der Waals surface area contributed by atoms with E-state index in [4.69, 9.17) is 39.4 Å². The van der Waals surface area contributed by atoms with Crippen LogP contribution in [0.15, 0.2) is 6.33 Å². The minimum atomic E-state index is -4.97. The van der Waals surface area contributed by atoms with Crippen LogP contribution in [0.5, 0.6) is 0 Å². The maximum Gasteiger partial charge on any atom is 0.510 e. The Bertz CT molecular complexity index is 1510. The number of rotatable bonds is 16. The maximum absolute atomic E-state index is 15.4. The molecule has 1 saturated heterocycles. The van der Waals surface area contributed by atoms with Crippen LogP contribution in [0.4, 0.5) is 19.8 Å². The highest BCUT2D eigenvalue weighted by atomic mass is 35.5. The molecule has 2 aliphatic rings. The van der Waals surface area contributed by atoms with E-state index < -0.39 is 90.4 Å². The molecule has 0 radical (unpaired) electrons. The molecule has 0 spiro atoms. The van der Waals surface area contributed by atoms with Crippen molar-refractivity contribution in [2.24, 2.45) is 0 Å². The van der Waals surface area contributed by atoms with E-state index in [0.29, 0.717) is 11.3 Å². The fourth-order valence-electron chi connectivity index (χ4n) is 4.84. The molecule has 2 fully saturated rings. The Balaban J connectivity index is 1.41. The molecular weight excluding hydrogens is 723 g/mol. The molecule has 1 aliphatic carbocycles. The second-order valence-electron chi connectivity index (χ2n) is 11.6. The van der Waals surface area contributed by atoms with E-state index in [1.807, 2.05) is 0 Å². The van der Waals surface area contributed by atoms with Gasteiger partial charge in [-0.05, 0) is 52.1 Å². The molecule has 0 bridgehead atoms. The molecule has 4 rings (SSSR count). The predicted molar refractivity (Wildman–Crippen MR) is 167 cm³/mol. The SMILES string of the molecule is CC(C)OC(=O)OCOP(=O)(CP(=O)(O)OC[C@H]1O[C@@H](n2cnc3c(NC4CCCC4)nc(Cl)nc32)C(F)[C@@H]1O)OCOC(=O)OC(C)C. The number of aromatic nitrogens is 4. The predicted octanol–water partition coefficient (Wildman–Crippen LogP) is 4.85. The van der Waals surface area contributed by atoms with E-state index in [0.717, 1.165) is 25.7 Å². The summed E-state index contributed by atoms with van der Waals surface area (Å²) in [4.78, 5) is 46.5. The van der Waals surface area contributed by atoms with Gasteiger partial charge in [-0.15, -0.1) is 0 Å². The van der Waals surface area contributed by atoms with Gasteiger partial charge in [0.1, 0.15) is 12.2 Å². The largest absolute Gasteiger partial charge is 0.510 e. The number of hydrogen-bond acceptors (Lipinski definition) is 17. The molecule has 5 atom stereocenters. The maximum atomic E-state index is 15.4. The summed E-state index contributed by atoms with van der Waals surface area (Å²) in [6.07, 6.45) is -5.25.